The highest BCUT2D eigenvalue weighted by Crippen LogP contribution is 2.30. The zero-order chi connectivity index (χ0) is 19.7. The summed E-state index contributed by atoms with van der Waals surface area (Å²) in [6.07, 6.45) is -3.54. The van der Waals surface area contributed by atoms with Crippen molar-refractivity contribution in [1.82, 2.24) is 9.62 Å². The lowest BCUT2D eigenvalue weighted by atomic mass is 10.1. The fourth-order valence-electron chi connectivity index (χ4n) is 2.98. The van der Waals surface area contributed by atoms with E-state index >= 15 is 0 Å². The number of amides is 1. The molecule has 2 aromatic rings. The lowest BCUT2D eigenvalue weighted by molar-refractivity contribution is -0.137. The quantitative estimate of drug-likeness (QED) is 0.811. The van der Waals surface area contributed by atoms with E-state index in [2.05, 4.69) is 5.32 Å². The normalized spacial score (nSPS) is 18.6. The van der Waals surface area contributed by atoms with Crippen LogP contribution in [0, 0.1) is 0 Å². The van der Waals surface area contributed by atoms with Crippen molar-refractivity contribution < 1.29 is 26.4 Å². The van der Waals surface area contributed by atoms with Gasteiger partial charge in [-0.05, 0) is 42.0 Å². The van der Waals surface area contributed by atoms with E-state index in [4.69, 9.17) is 0 Å². The van der Waals surface area contributed by atoms with Crippen molar-refractivity contribution in [2.45, 2.75) is 35.8 Å². The third kappa shape index (κ3) is 4.33. The van der Waals surface area contributed by atoms with E-state index in [9.17, 15) is 26.4 Å². The van der Waals surface area contributed by atoms with E-state index in [0.717, 1.165) is 23.5 Å². The summed E-state index contributed by atoms with van der Waals surface area (Å²) in [5, 5.41) is 4.20. The second-order valence-electron chi connectivity index (χ2n) is 6.12. The number of sulfonamides is 1. The van der Waals surface area contributed by atoms with Gasteiger partial charge in [-0.3, -0.25) is 4.79 Å². The summed E-state index contributed by atoms with van der Waals surface area (Å²) < 4.78 is 65.0. The lowest BCUT2D eigenvalue weighted by Crippen LogP contribution is -2.45. The highest BCUT2D eigenvalue weighted by molar-refractivity contribution is 7.91. The smallest absolute Gasteiger partial charge is 0.351 e. The minimum atomic E-state index is -4.46. The van der Waals surface area contributed by atoms with E-state index in [1.165, 1.54) is 22.5 Å². The molecule has 0 bridgehead atoms. The first-order valence-corrected chi connectivity index (χ1v) is 10.5. The van der Waals surface area contributed by atoms with Gasteiger partial charge in [0.2, 0.25) is 5.91 Å². The minimum absolute atomic E-state index is 0.105. The van der Waals surface area contributed by atoms with Crippen LogP contribution in [0.15, 0.2) is 46.0 Å². The van der Waals surface area contributed by atoms with E-state index in [1.54, 1.807) is 11.4 Å². The van der Waals surface area contributed by atoms with E-state index in [0.29, 0.717) is 18.4 Å². The van der Waals surface area contributed by atoms with Gasteiger partial charge in [-0.2, -0.15) is 17.5 Å². The fourth-order valence-corrected chi connectivity index (χ4v) is 5.76. The van der Waals surface area contributed by atoms with Crippen LogP contribution in [0.1, 0.15) is 24.0 Å². The number of nitrogens with zero attached hydrogens (tertiary/aromatic N) is 1. The monoisotopic (exact) mass is 418 g/mol. The van der Waals surface area contributed by atoms with Crippen LogP contribution in [0.5, 0.6) is 0 Å². The Morgan fingerprint density at radius 3 is 2.70 bits per heavy atom. The summed E-state index contributed by atoms with van der Waals surface area (Å²) in [6, 6.07) is 6.92. The Bertz CT molecular complexity index is 912. The lowest BCUT2D eigenvalue weighted by Gasteiger charge is -2.22. The number of rotatable bonds is 5. The first-order chi connectivity index (χ1) is 12.7. The van der Waals surface area contributed by atoms with Gasteiger partial charge in [0.25, 0.3) is 10.0 Å². The predicted molar refractivity (Wildman–Crippen MR) is 94.5 cm³/mol. The third-order valence-corrected chi connectivity index (χ3v) is 7.57. The van der Waals surface area contributed by atoms with Gasteiger partial charge in [-0.1, -0.05) is 18.2 Å². The van der Waals surface area contributed by atoms with Crippen molar-refractivity contribution in [2.75, 3.05) is 6.54 Å². The Hall–Kier alpha value is -1.91. The SMILES string of the molecule is O=C(NCc1cccc(C(F)(F)F)c1)[C@@H]1CCCN1S(=O)(=O)c1cccs1. The molecule has 0 unspecified atom stereocenters. The number of halogens is 3. The van der Waals surface area contributed by atoms with Gasteiger partial charge in [0.15, 0.2) is 0 Å². The molecule has 1 amide bonds. The van der Waals surface area contributed by atoms with Crippen LogP contribution in [0.2, 0.25) is 0 Å². The molecule has 146 valence electrons. The van der Waals surface area contributed by atoms with E-state index in [1.807, 2.05) is 0 Å². The topological polar surface area (TPSA) is 66.5 Å². The van der Waals surface area contributed by atoms with Crippen LogP contribution >= 0.6 is 11.3 Å². The molecule has 1 aromatic carbocycles. The van der Waals surface area contributed by atoms with Crippen LogP contribution < -0.4 is 5.32 Å². The molecule has 3 rings (SSSR count). The Kier molecular flexibility index (Phi) is 5.59. The van der Waals surface area contributed by atoms with Crippen molar-refractivity contribution >= 4 is 27.3 Å². The second-order valence-corrected chi connectivity index (χ2v) is 9.19. The summed E-state index contributed by atoms with van der Waals surface area (Å²) in [4.78, 5) is 12.5. The van der Waals surface area contributed by atoms with Crippen LogP contribution in [0.25, 0.3) is 0 Å². The van der Waals surface area contributed by atoms with Crippen LogP contribution in [-0.4, -0.2) is 31.2 Å². The number of carbonyl (C=O) groups is 1. The molecule has 0 radical (unpaired) electrons. The Balaban J connectivity index is 1.69. The summed E-state index contributed by atoms with van der Waals surface area (Å²) >= 11 is 1.08. The zero-order valence-corrected chi connectivity index (χ0v) is 15.7. The molecule has 0 spiro atoms. The standard InChI is InChI=1S/C17H17F3N2O3S2/c18-17(19,20)13-5-1-4-12(10-13)11-21-16(23)14-6-2-8-22(14)27(24,25)15-7-3-9-26-15/h1,3-5,7,9-10,14H,2,6,8,11H2,(H,21,23)/t14-/m0/s1. The van der Waals surface area contributed by atoms with Gasteiger partial charge in [0.05, 0.1) is 5.56 Å². The van der Waals surface area contributed by atoms with Crippen molar-refractivity contribution in [2.24, 2.45) is 0 Å². The largest absolute Gasteiger partial charge is 0.416 e. The van der Waals surface area contributed by atoms with Crippen molar-refractivity contribution in [1.29, 1.82) is 0 Å². The first kappa shape index (κ1) is 19.8. The van der Waals surface area contributed by atoms with E-state index in [-0.39, 0.29) is 17.3 Å². The predicted octanol–water partition coefficient (Wildman–Crippen LogP) is 3.24. The summed E-state index contributed by atoms with van der Waals surface area (Å²) in [5.41, 5.74) is -0.499. The number of hydrogen-bond donors (Lipinski definition) is 1. The number of alkyl halides is 3. The molecule has 2 heterocycles. The van der Waals surface area contributed by atoms with Gasteiger partial charge < -0.3 is 5.32 Å². The number of hydrogen-bond acceptors (Lipinski definition) is 4. The van der Waals surface area contributed by atoms with Crippen molar-refractivity contribution in [3.05, 3.63) is 52.9 Å². The van der Waals surface area contributed by atoms with Gasteiger partial charge in [-0.25, -0.2) is 8.42 Å². The fraction of sp³-hybridized carbons (Fsp3) is 0.353. The number of carbonyl (C=O) groups excluding carboxylic acids is 1. The van der Waals surface area contributed by atoms with Gasteiger partial charge in [0, 0.05) is 13.1 Å². The molecule has 1 aliphatic rings. The summed E-state index contributed by atoms with van der Waals surface area (Å²) in [7, 11) is -3.76. The Morgan fingerprint density at radius 2 is 2.04 bits per heavy atom. The number of nitrogens with one attached hydrogen (secondary N) is 1. The van der Waals surface area contributed by atoms with Crippen LogP contribution in [0.4, 0.5) is 13.2 Å². The maximum atomic E-state index is 12.8. The molecule has 0 saturated carbocycles. The molecule has 1 aromatic heterocycles. The summed E-state index contributed by atoms with van der Waals surface area (Å²) in [6.45, 7) is 0.133. The maximum absolute atomic E-state index is 12.8. The van der Waals surface area contributed by atoms with Gasteiger partial charge in [-0.15, -0.1) is 11.3 Å². The Labute approximate surface area is 158 Å². The number of thiophene rings is 1. The molecule has 1 saturated heterocycles. The maximum Gasteiger partial charge on any atom is 0.416 e. The highest BCUT2D eigenvalue weighted by Gasteiger charge is 2.39. The molecule has 0 aliphatic carbocycles. The first-order valence-electron chi connectivity index (χ1n) is 8.19. The molecule has 1 N–H and O–H groups in total. The van der Waals surface area contributed by atoms with Crippen LogP contribution in [0.3, 0.4) is 0 Å². The summed E-state index contributed by atoms with van der Waals surface area (Å²) in [5.74, 6) is -0.509. The van der Waals surface area contributed by atoms with Gasteiger partial charge in [0.1, 0.15) is 10.3 Å². The molecule has 27 heavy (non-hydrogen) atoms. The number of benzene rings is 1. The third-order valence-electron chi connectivity index (χ3n) is 4.29. The van der Waals surface area contributed by atoms with Gasteiger partial charge >= 0.3 is 6.18 Å². The van der Waals surface area contributed by atoms with Crippen molar-refractivity contribution in [3.63, 3.8) is 0 Å². The molecular formula is C17H17F3N2O3S2. The molecule has 1 atom stereocenters. The average Bonchev–Trinajstić information content (AvgIpc) is 3.31. The molecule has 1 fully saturated rings. The van der Waals surface area contributed by atoms with E-state index < -0.39 is 33.7 Å². The second kappa shape index (κ2) is 7.61. The van der Waals surface area contributed by atoms with Crippen molar-refractivity contribution in [3.8, 4) is 0 Å². The molecular weight excluding hydrogens is 401 g/mol. The minimum Gasteiger partial charge on any atom is -0.351 e. The molecule has 10 heteroatoms. The average molecular weight is 418 g/mol. The molecule has 5 nitrogen and oxygen atoms in total. The highest BCUT2D eigenvalue weighted by atomic mass is 32.2. The van der Waals surface area contributed by atoms with Crippen LogP contribution in [-0.2, 0) is 27.5 Å². The molecule has 1 aliphatic heterocycles. The Morgan fingerprint density at radius 1 is 1.26 bits per heavy atom. The zero-order valence-electron chi connectivity index (χ0n) is 14.1.